The Kier molecular flexibility index (Phi) is 4.97. The summed E-state index contributed by atoms with van der Waals surface area (Å²) in [6.07, 6.45) is -1.80. The molecular weight excluding hydrogens is 287 g/mol. The van der Waals surface area contributed by atoms with Gasteiger partial charge in [0.05, 0.1) is 5.92 Å². The Bertz CT molecular complexity index is 447. The standard InChI is InChI=1S/C15H19ClF3N/c1-10(11-5-4-6-12(16)9-11)20-14-8-3-2-7-13(14)15(17,18)19/h4-6,9-10,13-14,20H,2-3,7-8H2,1H3. The van der Waals surface area contributed by atoms with E-state index in [1.54, 1.807) is 12.1 Å². The molecule has 3 unspecified atom stereocenters. The molecule has 1 aromatic carbocycles. The summed E-state index contributed by atoms with van der Waals surface area (Å²) in [5.41, 5.74) is 0.920. The second kappa shape index (κ2) is 6.35. The molecule has 1 N–H and O–H groups in total. The van der Waals surface area contributed by atoms with E-state index in [1.807, 2.05) is 19.1 Å². The van der Waals surface area contributed by atoms with Crippen molar-refractivity contribution in [3.8, 4) is 0 Å². The summed E-state index contributed by atoms with van der Waals surface area (Å²) in [5.74, 6) is -1.24. The molecule has 0 bridgehead atoms. The fraction of sp³-hybridized carbons (Fsp3) is 0.600. The molecule has 0 aromatic heterocycles. The predicted molar refractivity (Wildman–Crippen MR) is 74.8 cm³/mol. The Morgan fingerprint density at radius 1 is 1.25 bits per heavy atom. The topological polar surface area (TPSA) is 12.0 Å². The summed E-state index contributed by atoms with van der Waals surface area (Å²) < 4.78 is 39.1. The van der Waals surface area contributed by atoms with Gasteiger partial charge in [-0.1, -0.05) is 36.6 Å². The minimum atomic E-state index is -4.12. The maximum atomic E-state index is 13.0. The summed E-state index contributed by atoms with van der Waals surface area (Å²) in [6, 6.07) is 6.62. The molecule has 0 aliphatic heterocycles. The molecule has 1 aliphatic carbocycles. The van der Waals surface area contributed by atoms with E-state index in [2.05, 4.69) is 5.32 Å². The summed E-state index contributed by atoms with van der Waals surface area (Å²) in [4.78, 5) is 0. The van der Waals surface area contributed by atoms with Crippen LogP contribution in [0.2, 0.25) is 5.02 Å². The van der Waals surface area contributed by atoms with Crippen molar-refractivity contribution in [3.63, 3.8) is 0 Å². The highest BCUT2D eigenvalue weighted by Crippen LogP contribution is 2.38. The molecule has 0 radical (unpaired) electrons. The molecule has 20 heavy (non-hydrogen) atoms. The zero-order valence-electron chi connectivity index (χ0n) is 11.4. The van der Waals surface area contributed by atoms with Crippen molar-refractivity contribution in [2.75, 3.05) is 0 Å². The van der Waals surface area contributed by atoms with Crippen LogP contribution >= 0.6 is 11.6 Å². The number of hydrogen-bond donors (Lipinski definition) is 1. The van der Waals surface area contributed by atoms with Crippen LogP contribution in [0.25, 0.3) is 0 Å². The Balaban J connectivity index is 2.07. The van der Waals surface area contributed by atoms with Crippen molar-refractivity contribution < 1.29 is 13.2 Å². The van der Waals surface area contributed by atoms with Gasteiger partial charge in [-0.2, -0.15) is 13.2 Å². The van der Waals surface area contributed by atoms with E-state index in [0.717, 1.165) is 12.0 Å². The van der Waals surface area contributed by atoms with Gasteiger partial charge < -0.3 is 5.32 Å². The molecule has 2 rings (SSSR count). The first-order valence-corrected chi connectivity index (χ1v) is 7.34. The van der Waals surface area contributed by atoms with Gasteiger partial charge in [0.1, 0.15) is 0 Å². The average Bonchev–Trinajstić information content (AvgIpc) is 2.38. The zero-order valence-corrected chi connectivity index (χ0v) is 12.1. The van der Waals surface area contributed by atoms with Crippen LogP contribution in [0.4, 0.5) is 13.2 Å². The second-order valence-corrected chi connectivity index (χ2v) is 5.92. The van der Waals surface area contributed by atoms with Crippen molar-refractivity contribution in [1.82, 2.24) is 5.32 Å². The zero-order chi connectivity index (χ0) is 14.8. The number of rotatable bonds is 3. The van der Waals surface area contributed by atoms with E-state index in [4.69, 9.17) is 11.6 Å². The minimum absolute atomic E-state index is 0.137. The van der Waals surface area contributed by atoms with Crippen LogP contribution < -0.4 is 5.32 Å². The first kappa shape index (κ1) is 15.6. The van der Waals surface area contributed by atoms with Gasteiger partial charge >= 0.3 is 6.18 Å². The Hall–Kier alpha value is -0.740. The molecule has 112 valence electrons. The molecule has 5 heteroatoms. The average molecular weight is 306 g/mol. The van der Waals surface area contributed by atoms with Crippen molar-refractivity contribution in [1.29, 1.82) is 0 Å². The Labute approximate surface area is 122 Å². The molecule has 0 amide bonds. The van der Waals surface area contributed by atoms with Crippen LogP contribution in [0.5, 0.6) is 0 Å². The lowest BCUT2D eigenvalue weighted by Crippen LogP contribution is -2.46. The largest absolute Gasteiger partial charge is 0.393 e. The molecule has 0 heterocycles. The van der Waals surface area contributed by atoms with Gasteiger partial charge in [0.15, 0.2) is 0 Å². The van der Waals surface area contributed by atoms with E-state index < -0.39 is 18.1 Å². The lowest BCUT2D eigenvalue weighted by molar-refractivity contribution is -0.189. The highest BCUT2D eigenvalue weighted by atomic mass is 35.5. The van der Waals surface area contributed by atoms with Crippen LogP contribution in [0.1, 0.15) is 44.2 Å². The van der Waals surface area contributed by atoms with Crippen LogP contribution in [-0.2, 0) is 0 Å². The Morgan fingerprint density at radius 2 is 1.95 bits per heavy atom. The minimum Gasteiger partial charge on any atom is -0.307 e. The van der Waals surface area contributed by atoms with Gasteiger partial charge in [0.25, 0.3) is 0 Å². The highest BCUT2D eigenvalue weighted by molar-refractivity contribution is 6.30. The third-order valence-corrected chi connectivity index (χ3v) is 4.23. The maximum absolute atomic E-state index is 13.0. The lowest BCUT2D eigenvalue weighted by atomic mass is 9.83. The molecule has 3 atom stereocenters. The molecule has 1 nitrogen and oxygen atoms in total. The summed E-state index contributed by atoms with van der Waals surface area (Å²) in [6.45, 7) is 1.88. The highest BCUT2D eigenvalue weighted by Gasteiger charge is 2.45. The maximum Gasteiger partial charge on any atom is 0.393 e. The summed E-state index contributed by atoms with van der Waals surface area (Å²) in [7, 11) is 0. The molecular formula is C15H19ClF3N. The van der Waals surface area contributed by atoms with Crippen LogP contribution in [0.3, 0.4) is 0 Å². The number of alkyl halides is 3. The number of hydrogen-bond acceptors (Lipinski definition) is 1. The quantitative estimate of drug-likeness (QED) is 0.818. The van der Waals surface area contributed by atoms with Gasteiger partial charge in [-0.25, -0.2) is 0 Å². The van der Waals surface area contributed by atoms with Crippen molar-refractivity contribution in [2.45, 2.75) is 50.9 Å². The fourth-order valence-corrected chi connectivity index (χ4v) is 3.11. The normalized spacial score (nSPS) is 25.4. The summed E-state index contributed by atoms with van der Waals surface area (Å²) >= 11 is 5.93. The first-order valence-electron chi connectivity index (χ1n) is 6.96. The van der Waals surface area contributed by atoms with E-state index in [-0.39, 0.29) is 12.5 Å². The van der Waals surface area contributed by atoms with Gasteiger partial charge in [0, 0.05) is 17.1 Å². The van der Waals surface area contributed by atoms with Crippen LogP contribution in [0, 0.1) is 5.92 Å². The van der Waals surface area contributed by atoms with Gasteiger partial charge in [0.2, 0.25) is 0 Å². The van der Waals surface area contributed by atoms with Crippen LogP contribution in [-0.4, -0.2) is 12.2 Å². The van der Waals surface area contributed by atoms with Crippen molar-refractivity contribution in [2.24, 2.45) is 5.92 Å². The SMILES string of the molecule is CC(NC1CCCCC1C(F)(F)F)c1cccc(Cl)c1. The molecule has 1 aromatic rings. The first-order chi connectivity index (χ1) is 9.38. The number of benzene rings is 1. The summed E-state index contributed by atoms with van der Waals surface area (Å²) in [5, 5.41) is 3.74. The van der Waals surface area contributed by atoms with Gasteiger partial charge in [-0.3, -0.25) is 0 Å². The van der Waals surface area contributed by atoms with Crippen molar-refractivity contribution >= 4 is 11.6 Å². The van der Waals surface area contributed by atoms with Gasteiger partial charge in [-0.15, -0.1) is 0 Å². The van der Waals surface area contributed by atoms with E-state index >= 15 is 0 Å². The third-order valence-electron chi connectivity index (χ3n) is 4.00. The number of halogens is 4. The van der Waals surface area contributed by atoms with E-state index in [0.29, 0.717) is 17.9 Å². The molecule has 0 saturated heterocycles. The van der Waals surface area contributed by atoms with Crippen molar-refractivity contribution in [3.05, 3.63) is 34.9 Å². The lowest BCUT2D eigenvalue weighted by Gasteiger charge is -2.35. The Morgan fingerprint density at radius 3 is 2.60 bits per heavy atom. The smallest absolute Gasteiger partial charge is 0.307 e. The molecule has 0 spiro atoms. The van der Waals surface area contributed by atoms with E-state index in [9.17, 15) is 13.2 Å². The molecule has 1 fully saturated rings. The van der Waals surface area contributed by atoms with E-state index in [1.165, 1.54) is 0 Å². The monoisotopic (exact) mass is 305 g/mol. The number of nitrogens with one attached hydrogen (secondary N) is 1. The van der Waals surface area contributed by atoms with Gasteiger partial charge in [-0.05, 0) is 37.5 Å². The van der Waals surface area contributed by atoms with Crippen LogP contribution in [0.15, 0.2) is 24.3 Å². The second-order valence-electron chi connectivity index (χ2n) is 5.48. The predicted octanol–water partition coefficient (Wildman–Crippen LogP) is 5.11. The fourth-order valence-electron chi connectivity index (χ4n) is 2.92. The molecule has 1 saturated carbocycles. The molecule has 1 aliphatic rings. The third kappa shape index (κ3) is 3.89.